The number of carbonyl (C=O) groups excluding carboxylic acids is 1. The number of rotatable bonds is 10. The largest absolute Gasteiger partial charge is 0.480 e. The predicted molar refractivity (Wildman–Crippen MR) is 143 cm³/mol. The zero-order valence-corrected chi connectivity index (χ0v) is 21.2. The number of nitrogens with one attached hydrogen (secondary N) is 2. The fourth-order valence-corrected chi connectivity index (χ4v) is 4.88. The topological polar surface area (TPSA) is 94.6 Å². The van der Waals surface area contributed by atoms with Crippen LogP contribution in [0.3, 0.4) is 0 Å². The molecule has 2 heterocycles. The number of aliphatic carboxylic acids is 1. The van der Waals surface area contributed by atoms with Crippen molar-refractivity contribution >= 4 is 23.4 Å². The predicted octanol–water partition coefficient (Wildman–Crippen LogP) is 4.46. The Morgan fingerprint density at radius 3 is 2.65 bits per heavy atom. The lowest BCUT2D eigenvalue weighted by atomic mass is 9.98. The Morgan fingerprint density at radius 1 is 1.19 bits per heavy atom. The van der Waals surface area contributed by atoms with E-state index in [0.717, 1.165) is 43.1 Å². The van der Waals surface area contributed by atoms with E-state index in [2.05, 4.69) is 20.5 Å². The first kappa shape index (κ1) is 26.1. The minimum absolute atomic E-state index is 0.152. The van der Waals surface area contributed by atoms with Crippen LogP contribution in [0.25, 0.3) is 0 Å². The molecule has 0 saturated carbocycles. The summed E-state index contributed by atoms with van der Waals surface area (Å²) >= 11 is 0. The van der Waals surface area contributed by atoms with Crippen LogP contribution in [0.15, 0.2) is 60.8 Å². The van der Waals surface area contributed by atoms with Crippen molar-refractivity contribution in [2.24, 2.45) is 5.92 Å². The first-order valence-electron chi connectivity index (χ1n) is 12.7. The van der Waals surface area contributed by atoms with Gasteiger partial charge in [-0.25, -0.2) is 14.2 Å². The van der Waals surface area contributed by atoms with E-state index in [4.69, 9.17) is 0 Å². The van der Waals surface area contributed by atoms with Gasteiger partial charge in [-0.1, -0.05) is 25.1 Å². The van der Waals surface area contributed by atoms with E-state index in [1.54, 1.807) is 13.1 Å². The van der Waals surface area contributed by atoms with E-state index < -0.39 is 23.7 Å². The van der Waals surface area contributed by atoms with Gasteiger partial charge in [0.15, 0.2) is 0 Å². The summed E-state index contributed by atoms with van der Waals surface area (Å²) in [4.78, 5) is 31.5. The Morgan fingerprint density at radius 2 is 1.97 bits per heavy atom. The minimum atomic E-state index is -1.11. The van der Waals surface area contributed by atoms with Crippen LogP contribution in [0.5, 0.6) is 0 Å². The summed E-state index contributed by atoms with van der Waals surface area (Å²) in [6, 6.07) is 15.2. The van der Waals surface area contributed by atoms with Gasteiger partial charge in [-0.15, -0.1) is 0 Å². The van der Waals surface area contributed by atoms with E-state index in [1.165, 1.54) is 12.1 Å². The summed E-state index contributed by atoms with van der Waals surface area (Å²) in [6.07, 6.45) is 3.48. The van der Waals surface area contributed by atoms with Crippen LogP contribution in [0.2, 0.25) is 0 Å². The smallest absolute Gasteiger partial charge is 0.326 e. The monoisotopic (exact) mass is 504 g/mol. The molecule has 1 aliphatic heterocycles. The molecule has 37 heavy (non-hydrogen) atoms. The maximum Gasteiger partial charge on any atom is 0.326 e. The Balaban J connectivity index is 1.35. The van der Waals surface area contributed by atoms with Crippen molar-refractivity contribution in [3.63, 3.8) is 0 Å². The zero-order chi connectivity index (χ0) is 26.4. The Bertz CT molecular complexity index is 1230. The quantitative estimate of drug-likeness (QED) is 0.378. The van der Waals surface area contributed by atoms with Crippen LogP contribution in [0.1, 0.15) is 40.4 Å². The molecular formula is C29H33FN4O3. The van der Waals surface area contributed by atoms with E-state index in [-0.39, 0.29) is 6.42 Å². The number of hydrogen-bond donors (Lipinski definition) is 3. The van der Waals surface area contributed by atoms with Gasteiger partial charge in [0.25, 0.3) is 5.91 Å². The molecule has 3 aromatic rings. The molecule has 0 radical (unpaired) electrons. The number of aryl methyl sites for hydroxylation is 2. The van der Waals surface area contributed by atoms with Gasteiger partial charge in [0.05, 0.1) is 0 Å². The third-order valence-electron chi connectivity index (χ3n) is 6.86. The molecule has 194 valence electrons. The molecule has 2 atom stereocenters. The highest BCUT2D eigenvalue weighted by Crippen LogP contribution is 2.25. The Hall–Kier alpha value is -3.94. The molecule has 1 fully saturated rings. The van der Waals surface area contributed by atoms with Gasteiger partial charge in [0.1, 0.15) is 17.7 Å². The molecular weight excluding hydrogens is 471 g/mol. The van der Waals surface area contributed by atoms with E-state index >= 15 is 0 Å². The Kier molecular flexibility index (Phi) is 8.38. The van der Waals surface area contributed by atoms with E-state index in [9.17, 15) is 19.1 Å². The number of hydrogen-bond acceptors (Lipinski definition) is 5. The molecule has 0 spiro atoms. The number of benzene rings is 2. The van der Waals surface area contributed by atoms with Crippen molar-refractivity contribution in [1.29, 1.82) is 0 Å². The van der Waals surface area contributed by atoms with Gasteiger partial charge in [-0.05, 0) is 78.8 Å². The van der Waals surface area contributed by atoms with Crippen molar-refractivity contribution in [2.45, 2.75) is 39.2 Å². The second-order valence-electron chi connectivity index (χ2n) is 9.54. The SMILES string of the molecule is CCc1cc(F)cc(C)c1C(=O)NC(Cc1ccc(N2CCC(CNc3ccccn3)C2)cc1)C(=O)O. The molecule has 8 heteroatoms. The molecule has 2 aromatic carbocycles. The highest BCUT2D eigenvalue weighted by molar-refractivity contribution is 5.99. The molecule has 0 bridgehead atoms. The van der Waals surface area contributed by atoms with E-state index in [0.29, 0.717) is 29.0 Å². The number of pyridine rings is 1. The summed E-state index contributed by atoms with van der Waals surface area (Å²) in [5, 5.41) is 15.8. The number of amides is 1. The second kappa shape index (κ2) is 11.9. The molecule has 2 unspecified atom stereocenters. The zero-order valence-electron chi connectivity index (χ0n) is 21.2. The lowest BCUT2D eigenvalue weighted by Crippen LogP contribution is -2.42. The third-order valence-corrected chi connectivity index (χ3v) is 6.86. The maximum absolute atomic E-state index is 13.8. The first-order chi connectivity index (χ1) is 17.8. The number of nitrogens with zero attached hydrogens (tertiary/aromatic N) is 2. The van der Waals surface area contributed by atoms with Crippen LogP contribution in [-0.2, 0) is 17.6 Å². The Labute approximate surface area is 216 Å². The first-order valence-corrected chi connectivity index (χ1v) is 12.7. The molecule has 1 amide bonds. The third kappa shape index (κ3) is 6.64. The number of halogens is 1. The summed E-state index contributed by atoms with van der Waals surface area (Å²) < 4.78 is 13.8. The molecule has 1 saturated heterocycles. The number of anilines is 2. The van der Waals surface area contributed by atoms with Gasteiger partial charge >= 0.3 is 5.97 Å². The van der Waals surface area contributed by atoms with Gasteiger partial charge in [0.2, 0.25) is 0 Å². The summed E-state index contributed by atoms with van der Waals surface area (Å²) in [7, 11) is 0. The van der Waals surface area contributed by atoms with Crippen LogP contribution >= 0.6 is 0 Å². The highest BCUT2D eigenvalue weighted by atomic mass is 19.1. The van der Waals surface area contributed by atoms with Crippen LogP contribution in [-0.4, -0.2) is 47.6 Å². The standard InChI is InChI=1S/C29H33FN4O3/c1-3-22-16-23(30)14-19(2)27(22)28(35)33-25(29(36)37)15-20-7-9-24(10-8-20)34-13-11-21(18-34)17-32-26-6-4-5-12-31-26/h4-10,12,14,16,21,25H,3,11,13,15,17-18H2,1-2H3,(H,31,32)(H,33,35)(H,36,37). The normalized spacial score (nSPS) is 15.9. The fourth-order valence-electron chi connectivity index (χ4n) is 4.88. The number of carboxylic acid groups (broad SMARTS) is 1. The highest BCUT2D eigenvalue weighted by Gasteiger charge is 2.25. The summed E-state index contributed by atoms with van der Waals surface area (Å²) in [6.45, 7) is 6.24. The van der Waals surface area contributed by atoms with Crippen LogP contribution < -0.4 is 15.5 Å². The number of carboxylic acids is 1. The van der Waals surface area contributed by atoms with Crippen LogP contribution in [0.4, 0.5) is 15.9 Å². The molecule has 4 rings (SSSR count). The molecule has 1 aliphatic rings. The van der Waals surface area contributed by atoms with Crippen molar-refractivity contribution in [2.75, 3.05) is 29.9 Å². The van der Waals surface area contributed by atoms with Gasteiger partial charge in [-0.3, -0.25) is 4.79 Å². The van der Waals surface area contributed by atoms with Gasteiger partial charge in [0, 0.05) is 43.5 Å². The second-order valence-corrected chi connectivity index (χ2v) is 9.54. The molecule has 3 N–H and O–H groups in total. The van der Waals surface area contributed by atoms with Crippen molar-refractivity contribution in [3.05, 3.63) is 88.9 Å². The van der Waals surface area contributed by atoms with Crippen molar-refractivity contribution < 1.29 is 19.1 Å². The van der Waals surface area contributed by atoms with Gasteiger partial charge in [-0.2, -0.15) is 0 Å². The minimum Gasteiger partial charge on any atom is -0.480 e. The average Bonchev–Trinajstić information content (AvgIpc) is 3.36. The molecule has 1 aromatic heterocycles. The van der Waals surface area contributed by atoms with Crippen LogP contribution in [0, 0.1) is 18.7 Å². The molecule has 0 aliphatic carbocycles. The van der Waals surface area contributed by atoms with E-state index in [1.807, 2.05) is 49.4 Å². The lowest BCUT2D eigenvalue weighted by molar-refractivity contribution is -0.139. The number of aromatic nitrogens is 1. The summed E-state index contributed by atoms with van der Waals surface area (Å²) in [5.41, 5.74) is 3.29. The van der Waals surface area contributed by atoms with Crippen molar-refractivity contribution in [3.8, 4) is 0 Å². The maximum atomic E-state index is 13.8. The molecule has 7 nitrogen and oxygen atoms in total. The van der Waals surface area contributed by atoms with Crippen molar-refractivity contribution in [1.82, 2.24) is 10.3 Å². The van der Waals surface area contributed by atoms with Gasteiger partial charge < -0.3 is 20.6 Å². The fraction of sp³-hybridized carbons (Fsp3) is 0.345. The lowest BCUT2D eigenvalue weighted by Gasteiger charge is -2.20. The summed E-state index contributed by atoms with van der Waals surface area (Å²) in [5.74, 6) is -0.629. The average molecular weight is 505 g/mol. The number of carbonyl (C=O) groups is 2.